The number of halogens is 1. The summed E-state index contributed by atoms with van der Waals surface area (Å²) in [6.07, 6.45) is 0.756. The van der Waals surface area contributed by atoms with E-state index in [0.29, 0.717) is 5.02 Å². The molecule has 0 saturated heterocycles. The van der Waals surface area contributed by atoms with Gasteiger partial charge in [0.15, 0.2) is 0 Å². The standard InChI is InChI=1S/C22H17ClN2O2/c23-18-10-6-16(7-11-18)21-14-20(15-4-2-1-3-5-15)24-25(21)19-12-8-17(9-13-19)22(26)27/h1-13,21H,14H2,(H,26,27)/t21-/m1/s1. The van der Waals surface area contributed by atoms with E-state index in [0.717, 1.165) is 28.9 Å². The summed E-state index contributed by atoms with van der Waals surface area (Å²) in [5.74, 6) is -0.939. The van der Waals surface area contributed by atoms with Crippen molar-refractivity contribution >= 4 is 29.0 Å². The Morgan fingerprint density at radius 2 is 1.63 bits per heavy atom. The maximum atomic E-state index is 11.1. The lowest BCUT2D eigenvalue weighted by Gasteiger charge is -2.24. The average molecular weight is 377 g/mol. The van der Waals surface area contributed by atoms with Gasteiger partial charge in [-0.05, 0) is 47.5 Å². The predicted octanol–water partition coefficient (Wildman–Crippen LogP) is 5.39. The highest BCUT2D eigenvalue weighted by Crippen LogP contribution is 2.37. The molecule has 0 unspecified atom stereocenters. The topological polar surface area (TPSA) is 52.9 Å². The van der Waals surface area contributed by atoms with E-state index in [4.69, 9.17) is 21.8 Å². The normalized spacial score (nSPS) is 16.3. The third-order valence-electron chi connectivity index (χ3n) is 4.65. The van der Waals surface area contributed by atoms with Crippen LogP contribution in [0.15, 0.2) is 84.0 Å². The van der Waals surface area contributed by atoms with Crippen molar-refractivity contribution in [2.24, 2.45) is 5.10 Å². The van der Waals surface area contributed by atoms with E-state index < -0.39 is 5.97 Å². The smallest absolute Gasteiger partial charge is 0.335 e. The van der Waals surface area contributed by atoms with Crippen LogP contribution in [0.3, 0.4) is 0 Å². The Labute approximate surface area is 162 Å². The summed E-state index contributed by atoms with van der Waals surface area (Å²) < 4.78 is 0. The zero-order valence-corrected chi connectivity index (χ0v) is 15.2. The lowest BCUT2D eigenvalue weighted by Crippen LogP contribution is -2.18. The molecular weight excluding hydrogens is 360 g/mol. The number of hydrogen-bond donors (Lipinski definition) is 1. The van der Waals surface area contributed by atoms with Gasteiger partial charge in [-0.1, -0.05) is 54.1 Å². The third-order valence-corrected chi connectivity index (χ3v) is 4.90. The molecule has 1 atom stereocenters. The van der Waals surface area contributed by atoms with E-state index in [-0.39, 0.29) is 11.6 Å². The van der Waals surface area contributed by atoms with Gasteiger partial charge in [-0.15, -0.1) is 0 Å². The summed E-state index contributed by atoms with van der Waals surface area (Å²) in [6, 6.07) is 24.7. The second-order valence-corrected chi connectivity index (χ2v) is 6.82. The Bertz CT molecular complexity index is 983. The molecule has 1 N–H and O–H groups in total. The van der Waals surface area contributed by atoms with Crippen LogP contribution in [0.25, 0.3) is 0 Å². The number of aromatic carboxylic acids is 1. The molecule has 0 bridgehead atoms. The van der Waals surface area contributed by atoms with Gasteiger partial charge in [-0.3, -0.25) is 5.01 Å². The van der Waals surface area contributed by atoms with Crippen molar-refractivity contribution in [2.45, 2.75) is 12.5 Å². The van der Waals surface area contributed by atoms with E-state index >= 15 is 0 Å². The second kappa shape index (κ2) is 7.25. The number of carboxylic acids is 1. The molecular formula is C22H17ClN2O2. The molecule has 5 heteroatoms. The molecule has 27 heavy (non-hydrogen) atoms. The summed E-state index contributed by atoms with van der Waals surface area (Å²) in [5, 5.41) is 16.6. The largest absolute Gasteiger partial charge is 0.478 e. The van der Waals surface area contributed by atoms with Crippen molar-refractivity contribution in [1.29, 1.82) is 0 Å². The highest BCUT2D eigenvalue weighted by atomic mass is 35.5. The van der Waals surface area contributed by atoms with Crippen LogP contribution in [-0.4, -0.2) is 16.8 Å². The van der Waals surface area contributed by atoms with Gasteiger partial charge >= 0.3 is 5.97 Å². The lowest BCUT2D eigenvalue weighted by atomic mass is 9.98. The van der Waals surface area contributed by atoms with Gasteiger partial charge in [0.25, 0.3) is 0 Å². The molecule has 3 aromatic carbocycles. The molecule has 0 spiro atoms. The first-order chi connectivity index (χ1) is 13.1. The number of carboxylic acid groups (broad SMARTS) is 1. The fourth-order valence-electron chi connectivity index (χ4n) is 3.25. The summed E-state index contributed by atoms with van der Waals surface area (Å²) in [5.41, 5.74) is 4.30. The molecule has 4 rings (SSSR count). The second-order valence-electron chi connectivity index (χ2n) is 6.38. The molecule has 0 amide bonds. The summed E-state index contributed by atoms with van der Waals surface area (Å²) in [4.78, 5) is 11.1. The average Bonchev–Trinajstić information content (AvgIpc) is 3.15. The minimum absolute atomic E-state index is 0.0214. The number of anilines is 1. The van der Waals surface area contributed by atoms with Gasteiger partial charge in [0.1, 0.15) is 0 Å². The molecule has 0 aromatic heterocycles. The van der Waals surface area contributed by atoms with Gasteiger partial charge in [0.05, 0.1) is 23.0 Å². The highest BCUT2D eigenvalue weighted by Gasteiger charge is 2.29. The van der Waals surface area contributed by atoms with E-state index in [9.17, 15) is 4.79 Å². The number of hydrazone groups is 1. The quantitative estimate of drug-likeness (QED) is 0.663. The Hall–Kier alpha value is -3.11. The van der Waals surface area contributed by atoms with Gasteiger partial charge in [-0.25, -0.2) is 4.79 Å². The molecule has 4 nitrogen and oxygen atoms in total. The van der Waals surface area contributed by atoms with Crippen LogP contribution in [0.2, 0.25) is 5.02 Å². The molecule has 1 aliphatic rings. The van der Waals surface area contributed by atoms with Gasteiger partial charge in [-0.2, -0.15) is 5.10 Å². The van der Waals surface area contributed by atoms with Crippen LogP contribution in [0.5, 0.6) is 0 Å². The van der Waals surface area contributed by atoms with E-state index in [2.05, 4.69) is 12.1 Å². The van der Waals surface area contributed by atoms with Crippen molar-refractivity contribution in [3.8, 4) is 0 Å². The number of rotatable bonds is 4. The molecule has 3 aromatic rings. The van der Waals surface area contributed by atoms with Crippen LogP contribution >= 0.6 is 11.6 Å². The summed E-state index contributed by atoms with van der Waals surface area (Å²) in [6.45, 7) is 0. The van der Waals surface area contributed by atoms with Gasteiger partial charge < -0.3 is 5.11 Å². The van der Waals surface area contributed by atoms with Crippen LogP contribution in [0.1, 0.15) is 33.9 Å². The van der Waals surface area contributed by atoms with Crippen molar-refractivity contribution in [2.75, 3.05) is 5.01 Å². The molecule has 0 saturated carbocycles. The number of nitrogens with zero attached hydrogens (tertiary/aromatic N) is 2. The number of carbonyl (C=O) groups is 1. The molecule has 1 heterocycles. The zero-order valence-electron chi connectivity index (χ0n) is 14.4. The van der Waals surface area contributed by atoms with Crippen LogP contribution in [0, 0.1) is 0 Å². The van der Waals surface area contributed by atoms with Crippen molar-refractivity contribution in [3.63, 3.8) is 0 Å². The van der Waals surface area contributed by atoms with Crippen LogP contribution in [0.4, 0.5) is 5.69 Å². The van der Waals surface area contributed by atoms with Crippen LogP contribution in [-0.2, 0) is 0 Å². The molecule has 0 aliphatic carbocycles. The maximum Gasteiger partial charge on any atom is 0.335 e. The predicted molar refractivity (Wildman–Crippen MR) is 108 cm³/mol. The first-order valence-electron chi connectivity index (χ1n) is 8.63. The Morgan fingerprint density at radius 3 is 2.26 bits per heavy atom. The monoisotopic (exact) mass is 376 g/mol. The Balaban J connectivity index is 1.73. The first kappa shape index (κ1) is 17.3. The van der Waals surface area contributed by atoms with Gasteiger partial charge in [0.2, 0.25) is 0 Å². The van der Waals surface area contributed by atoms with Crippen molar-refractivity contribution < 1.29 is 9.90 Å². The first-order valence-corrected chi connectivity index (χ1v) is 9.00. The highest BCUT2D eigenvalue weighted by molar-refractivity contribution is 6.30. The minimum Gasteiger partial charge on any atom is -0.478 e. The number of benzene rings is 3. The van der Waals surface area contributed by atoms with E-state index in [1.165, 1.54) is 0 Å². The lowest BCUT2D eigenvalue weighted by molar-refractivity contribution is 0.0697. The SMILES string of the molecule is O=C(O)c1ccc(N2N=C(c3ccccc3)C[C@@H]2c2ccc(Cl)cc2)cc1. The zero-order chi connectivity index (χ0) is 18.8. The fourth-order valence-corrected chi connectivity index (χ4v) is 3.38. The van der Waals surface area contributed by atoms with Crippen molar-refractivity contribution in [1.82, 2.24) is 0 Å². The molecule has 0 radical (unpaired) electrons. The summed E-state index contributed by atoms with van der Waals surface area (Å²) in [7, 11) is 0. The van der Waals surface area contributed by atoms with Crippen molar-refractivity contribution in [3.05, 3.63) is 101 Å². The Morgan fingerprint density at radius 1 is 0.963 bits per heavy atom. The minimum atomic E-state index is -0.939. The van der Waals surface area contributed by atoms with Crippen LogP contribution < -0.4 is 5.01 Å². The molecule has 0 fully saturated rings. The molecule has 1 aliphatic heterocycles. The molecule has 134 valence electrons. The Kier molecular flexibility index (Phi) is 4.65. The third kappa shape index (κ3) is 3.57. The number of hydrogen-bond acceptors (Lipinski definition) is 3. The summed E-state index contributed by atoms with van der Waals surface area (Å²) >= 11 is 6.05. The maximum absolute atomic E-state index is 11.1. The fraction of sp³-hybridized carbons (Fsp3) is 0.0909. The van der Waals surface area contributed by atoms with E-state index in [1.54, 1.807) is 24.3 Å². The van der Waals surface area contributed by atoms with Gasteiger partial charge in [0, 0.05) is 11.4 Å². The van der Waals surface area contributed by atoms with E-state index in [1.807, 2.05) is 47.5 Å².